The molecule has 0 rings (SSSR count). The zero-order chi connectivity index (χ0) is 49.2. The van der Waals surface area contributed by atoms with Gasteiger partial charge >= 0.3 is 11.9 Å². The van der Waals surface area contributed by atoms with E-state index in [4.69, 9.17) is 9.47 Å². The zero-order valence-corrected chi connectivity index (χ0v) is 46.2. The number of esters is 2. The molecular weight excluding hydrogens is 837 g/mol. The molecule has 68 heavy (non-hydrogen) atoms. The summed E-state index contributed by atoms with van der Waals surface area (Å²) in [5, 5.41) is 9.65. The molecule has 0 saturated heterocycles. The minimum absolute atomic E-state index is 0.0619. The predicted molar refractivity (Wildman–Crippen MR) is 298 cm³/mol. The van der Waals surface area contributed by atoms with Crippen LogP contribution >= 0.6 is 0 Å². The first-order valence-corrected chi connectivity index (χ1v) is 30.9. The van der Waals surface area contributed by atoms with Gasteiger partial charge in [-0.3, -0.25) is 9.59 Å². The molecule has 1 unspecified atom stereocenters. The van der Waals surface area contributed by atoms with E-state index in [0.29, 0.717) is 12.8 Å². The Morgan fingerprint density at radius 1 is 0.338 bits per heavy atom. The van der Waals surface area contributed by atoms with E-state index in [1.165, 1.54) is 283 Å². The second-order valence-corrected chi connectivity index (χ2v) is 21.1. The van der Waals surface area contributed by atoms with Crippen LogP contribution < -0.4 is 0 Å². The van der Waals surface area contributed by atoms with Crippen LogP contribution in [-0.2, 0) is 19.1 Å². The molecule has 402 valence electrons. The molecule has 5 heteroatoms. The first-order valence-electron chi connectivity index (χ1n) is 30.9. The lowest BCUT2D eigenvalue weighted by atomic mass is 10.0. The fourth-order valence-corrected chi connectivity index (χ4v) is 9.59. The highest BCUT2D eigenvalue weighted by Gasteiger charge is 2.16. The number of aliphatic hydroxyl groups excluding tert-OH is 1. The smallest absolute Gasteiger partial charge is 0.306 e. The van der Waals surface area contributed by atoms with Crippen molar-refractivity contribution in [3.8, 4) is 0 Å². The van der Waals surface area contributed by atoms with Crippen LogP contribution in [0.1, 0.15) is 348 Å². The van der Waals surface area contributed by atoms with Crippen molar-refractivity contribution in [2.24, 2.45) is 0 Å². The molecule has 0 heterocycles. The molecular formula is C63H120O5. The second kappa shape index (κ2) is 59.7. The molecule has 0 aromatic rings. The Balaban J connectivity index is 3.37. The lowest BCUT2D eigenvalue weighted by Crippen LogP contribution is -2.28. The highest BCUT2D eigenvalue weighted by atomic mass is 16.6. The van der Waals surface area contributed by atoms with Crippen molar-refractivity contribution in [3.63, 3.8) is 0 Å². The second-order valence-electron chi connectivity index (χ2n) is 21.1. The molecule has 1 atom stereocenters. The number of carbonyl (C=O) groups excluding carboxylic acids is 2. The SMILES string of the molecule is CCCCC/C=C\C/C=C\CCCCCCCCCCCC(=O)OC(CO)COC(=O)CCCCCCCCCCCCCCCCCCCCCCCCCCCCCCCCCCCCC. The molecule has 5 nitrogen and oxygen atoms in total. The summed E-state index contributed by atoms with van der Waals surface area (Å²) in [7, 11) is 0. The lowest BCUT2D eigenvalue weighted by Gasteiger charge is -2.15. The number of allylic oxidation sites excluding steroid dienone is 4. The van der Waals surface area contributed by atoms with Gasteiger partial charge in [-0.25, -0.2) is 0 Å². The van der Waals surface area contributed by atoms with Gasteiger partial charge in [0.05, 0.1) is 6.61 Å². The molecule has 0 radical (unpaired) electrons. The molecule has 0 aliphatic rings. The Kier molecular flexibility index (Phi) is 58.3. The van der Waals surface area contributed by atoms with E-state index in [1.807, 2.05) is 0 Å². The van der Waals surface area contributed by atoms with Crippen molar-refractivity contribution < 1.29 is 24.2 Å². The van der Waals surface area contributed by atoms with Gasteiger partial charge in [0.2, 0.25) is 0 Å². The number of unbranched alkanes of at least 4 members (excludes halogenated alkanes) is 46. The van der Waals surface area contributed by atoms with Gasteiger partial charge in [0.15, 0.2) is 6.10 Å². The average Bonchev–Trinajstić information content (AvgIpc) is 3.34. The van der Waals surface area contributed by atoms with E-state index in [2.05, 4.69) is 38.2 Å². The van der Waals surface area contributed by atoms with E-state index >= 15 is 0 Å². The van der Waals surface area contributed by atoms with Crippen LogP contribution in [0.2, 0.25) is 0 Å². The van der Waals surface area contributed by atoms with E-state index in [-0.39, 0.29) is 25.2 Å². The summed E-state index contributed by atoms with van der Waals surface area (Å²) in [6.07, 6.45) is 76.2. The average molecular weight is 958 g/mol. The first kappa shape index (κ1) is 66.4. The van der Waals surface area contributed by atoms with Gasteiger partial charge in [0.1, 0.15) is 6.61 Å². The molecule has 1 N–H and O–H groups in total. The maximum Gasteiger partial charge on any atom is 0.306 e. The largest absolute Gasteiger partial charge is 0.462 e. The number of hydrogen-bond acceptors (Lipinski definition) is 5. The van der Waals surface area contributed by atoms with Crippen molar-refractivity contribution in [2.45, 2.75) is 354 Å². The van der Waals surface area contributed by atoms with Crippen LogP contribution in [0, 0.1) is 0 Å². The number of rotatable bonds is 58. The predicted octanol–water partition coefficient (Wildman–Crippen LogP) is 20.9. The van der Waals surface area contributed by atoms with Crippen molar-refractivity contribution in [2.75, 3.05) is 13.2 Å². The summed E-state index contributed by atoms with van der Waals surface area (Å²) in [6, 6.07) is 0. The third kappa shape index (κ3) is 57.0. The highest BCUT2D eigenvalue weighted by molar-refractivity contribution is 5.70. The molecule has 0 amide bonds. The Morgan fingerprint density at radius 3 is 0.897 bits per heavy atom. The molecule has 0 aliphatic carbocycles. The molecule has 0 spiro atoms. The molecule has 0 bridgehead atoms. The summed E-state index contributed by atoms with van der Waals surface area (Å²) < 4.78 is 10.7. The summed E-state index contributed by atoms with van der Waals surface area (Å²) in [4.78, 5) is 24.5. The fraction of sp³-hybridized carbons (Fsp3) is 0.905. The lowest BCUT2D eigenvalue weighted by molar-refractivity contribution is -0.161. The monoisotopic (exact) mass is 957 g/mol. The number of carbonyl (C=O) groups is 2. The normalized spacial score (nSPS) is 12.2. The van der Waals surface area contributed by atoms with E-state index in [9.17, 15) is 14.7 Å². The summed E-state index contributed by atoms with van der Waals surface area (Å²) in [6.45, 7) is 4.17. The molecule has 0 saturated carbocycles. The Bertz CT molecular complexity index is 1040. The molecule has 0 aromatic heterocycles. The van der Waals surface area contributed by atoms with E-state index in [0.717, 1.165) is 38.5 Å². The number of ether oxygens (including phenoxy) is 2. The number of hydrogen-bond donors (Lipinski definition) is 1. The van der Waals surface area contributed by atoms with Crippen molar-refractivity contribution >= 4 is 11.9 Å². The molecule has 0 aromatic carbocycles. The van der Waals surface area contributed by atoms with E-state index < -0.39 is 6.10 Å². The van der Waals surface area contributed by atoms with Gasteiger partial charge in [-0.1, -0.05) is 314 Å². The third-order valence-electron chi connectivity index (χ3n) is 14.2. The van der Waals surface area contributed by atoms with E-state index in [1.54, 1.807) is 0 Å². The topological polar surface area (TPSA) is 72.8 Å². The standard InChI is InChI=1S/C63H120O5/c1-3-5-7-9-11-13-15-17-19-21-23-24-25-26-27-28-29-30-31-32-33-34-35-36-37-38-40-41-43-45-47-49-51-53-55-57-62(65)67-60-61(59-64)68-63(66)58-56-54-52-50-48-46-44-42-39-22-20-18-16-14-12-10-8-6-4-2/h12,14,18,20,61,64H,3-11,13,15-17,19,21-60H2,1-2H3/b14-12-,20-18-. The summed E-state index contributed by atoms with van der Waals surface area (Å²) >= 11 is 0. The molecule has 0 aliphatic heterocycles. The first-order chi connectivity index (χ1) is 33.6. The number of aliphatic hydroxyl groups is 1. The maximum absolute atomic E-state index is 12.3. The summed E-state index contributed by atoms with van der Waals surface area (Å²) in [5.74, 6) is -0.576. The van der Waals surface area contributed by atoms with Gasteiger partial charge in [0, 0.05) is 12.8 Å². The Morgan fingerprint density at radius 2 is 0.588 bits per heavy atom. The van der Waals surface area contributed by atoms with Crippen LogP contribution in [0.3, 0.4) is 0 Å². The highest BCUT2D eigenvalue weighted by Crippen LogP contribution is 2.18. The van der Waals surface area contributed by atoms with Gasteiger partial charge in [-0.2, -0.15) is 0 Å². The van der Waals surface area contributed by atoms with Gasteiger partial charge in [-0.05, 0) is 44.9 Å². The minimum atomic E-state index is -0.771. The quantitative estimate of drug-likeness (QED) is 0.0374. The zero-order valence-electron chi connectivity index (χ0n) is 46.2. The molecule has 0 fully saturated rings. The van der Waals surface area contributed by atoms with Gasteiger partial charge in [0.25, 0.3) is 0 Å². The van der Waals surface area contributed by atoms with Crippen LogP contribution in [0.25, 0.3) is 0 Å². The van der Waals surface area contributed by atoms with Crippen LogP contribution in [0.4, 0.5) is 0 Å². The van der Waals surface area contributed by atoms with Gasteiger partial charge in [-0.15, -0.1) is 0 Å². The van der Waals surface area contributed by atoms with Crippen molar-refractivity contribution in [3.05, 3.63) is 24.3 Å². The fourth-order valence-electron chi connectivity index (χ4n) is 9.59. The van der Waals surface area contributed by atoms with Gasteiger partial charge < -0.3 is 14.6 Å². The van der Waals surface area contributed by atoms with Crippen molar-refractivity contribution in [1.82, 2.24) is 0 Å². The Hall–Kier alpha value is -1.62. The van der Waals surface area contributed by atoms with Crippen LogP contribution in [0.5, 0.6) is 0 Å². The Labute approximate surface area is 425 Å². The minimum Gasteiger partial charge on any atom is -0.462 e. The van der Waals surface area contributed by atoms with Crippen LogP contribution in [-0.4, -0.2) is 36.4 Å². The van der Waals surface area contributed by atoms with Crippen LogP contribution in [0.15, 0.2) is 24.3 Å². The summed E-state index contributed by atoms with van der Waals surface area (Å²) in [5.41, 5.74) is 0. The third-order valence-corrected chi connectivity index (χ3v) is 14.2. The van der Waals surface area contributed by atoms with Crippen molar-refractivity contribution in [1.29, 1.82) is 0 Å². The maximum atomic E-state index is 12.3.